The van der Waals surface area contributed by atoms with E-state index in [1.165, 1.54) is 0 Å². The van der Waals surface area contributed by atoms with Crippen LogP contribution in [0, 0.1) is 22.2 Å². The Morgan fingerprint density at radius 1 is 0.609 bits per heavy atom. The maximum Gasteiger partial charge on any atom is 0.358 e. The van der Waals surface area contributed by atoms with Gasteiger partial charge < -0.3 is 50.8 Å². The predicted molar refractivity (Wildman–Crippen MR) is 167 cm³/mol. The van der Waals surface area contributed by atoms with Crippen LogP contribution >= 0.6 is 15.2 Å². The molecule has 17 heteroatoms. The monoisotopic (exact) mass is 697 g/mol. The molecule has 3 amide bonds. The summed E-state index contributed by atoms with van der Waals surface area (Å²) in [5, 5.41) is 33.0. The van der Waals surface area contributed by atoms with Crippen molar-refractivity contribution in [2.45, 2.75) is 121 Å². The maximum atomic E-state index is 12.8. The molecule has 4 rings (SSSR count). The topological polar surface area (TPSA) is 263 Å². The van der Waals surface area contributed by atoms with Crippen LogP contribution in [-0.4, -0.2) is 88.5 Å². The number of aliphatic hydroxyl groups is 3. The Morgan fingerprint density at radius 2 is 0.891 bits per heavy atom. The summed E-state index contributed by atoms with van der Waals surface area (Å²) in [5.74, 6) is -0.772. The van der Waals surface area contributed by atoms with E-state index in [4.69, 9.17) is 0 Å². The van der Waals surface area contributed by atoms with Crippen molar-refractivity contribution in [3.8, 4) is 0 Å². The molecule has 4 fully saturated rings. The quantitative estimate of drug-likeness (QED) is 0.0961. The van der Waals surface area contributed by atoms with Crippen molar-refractivity contribution in [3.05, 3.63) is 0 Å². The normalized spacial score (nSPS) is 30.3. The van der Waals surface area contributed by atoms with Gasteiger partial charge in [-0.25, -0.2) is 0 Å². The minimum absolute atomic E-state index is 0.0696. The lowest BCUT2D eigenvalue weighted by atomic mass is 9.37. The molecule has 266 valence electrons. The highest BCUT2D eigenvalue weighted by Gasteiger charge is 2.62. The van der Waals surface area contributed by atoms with Crippen LogP contribution in [0.5, 0.6) is 0 Å². The molecule has 4 atom stereocenters. The molecule has 0 aromatic rings. The SMILES string of the molecule is CC(C)(O)CNC(=O)CCC12CC3CC(CCC(=O)NCC(C)(O)P(=O)(O)O)(C1)CC(CCC(=O)NCC(C)(O)P(=O)(O)O)(C3)C2. The standard InChI is InChI=1S/C29H53N3O12P2/c1-24(2,36)17-30-21(33)5-8-27-11-20-12-28(14-27,9-6-22(34)31-18-25(3,37)45(39,40)41)16-29(13-20,15-27)10-7-23(35)32-19-26(4,38)46(42,43)44/h20,36-38H,5-19H2,1-4H3,(H,30,33)(H,31,34)(H,32,35)(H2,39,40,41)(H2,42,43,44). The third kappa shape index (κ3) is 10.1. The smallest absolute Gasteiger partial charge is 0.358 e. The fourth-order valence-corrected chi connectivity index (χ4v) is 8.92. The summed E-state index contributed by atoms with van der Waals surface area (Å²) in [6.07, 6.45) is 6.90. The first-order valence-corrected chi connectivity index (χ1v) is 19.0. The van der Waals surface area contributed by atoms with Crippen LogP contribution in [0.1, 0.15) is 105 Å². The third-order valence-electron chi connectivity index (χ3n) is 10.3. The Balaban J connectivity index is 1.73. The van der Waals surface area contributed by atoms with Crippen molar-refractivity contribution < 1.29 is 58.4 Å². The van der Waals surface area contributed by atoms with Gasteiger partial charge in [0.25, 0.3) is 0 Å². The van der Waals surface area contributed by atoms with E-state index in [0.717, 1.165) is 52.4 Å². The number of hydrogen-bond donors (Lipinski definition) is 10. The molecule has 15 nitrogen and oxygen atoms in total. The van der Waals surface area contributed by atoms with Gasteiger partial charge in [-0.3, -0.25) is 23.5 Å². The third-order valence-corrected chi connectivity index (χ3v) is 13.1. The molecule has 46 heavy (non-hydrogen) atoms. The molecule has 4 aliphatic carbocycles. The Kier molecular flexibility index (Phi) is 11.4. The Bertz CT molecular complexity index is 1180. The number of rotatable bonds is 17. The first-order valence-electron chi connectivity index (χ1n) is 15.8. The lowest BCUT2D eigenvalue weighted by molar-refractivity contribution is -0.171. The van der Waals surface area contributed by atoms with Gasteiger partial charge in [-0.2, -0.15) is 0 Å². The fraction of sp³-hybridized carbons (Fsp3) is 0.897. The first-order chi connectivity index (χ1) is 20.7. The summed E-state index contributed by atoms with van der Waals surface area (Å²) in [7, 11) is -9.74. The first kappa shape index (κ1) is 39.0. The van der Waals surface area contributed by atoms with E-state index in [1.807, 2.05) is 0 Å². The summed E-state index contributed by atoms with van der Waals surface area (Å²) < 4.78 is 23.1. The molecule has 4 saturated carbocycles. The van der Waals surface area contributed by atoms with Crippen LogP contribution in [0.2, 0.25) is 0 Å². The van der Waals surface area contributed by atoms with Crippen LogP contribution in [-0.2, 0) is 23.5 Å². The maximum absolute atomic E-state index is 12.8. The average molecular weight is 698 g/mol. The Hall–Kier alpha value is -1.41. The molecule has 0 aromatic carbocycles. The minimum Gasteiger partial charge on any atom is -0.389 e. The lowest BCUT2D eigenvalue weighted by Crippen LogP contribution is -2.57. The number of amides is 3. The van der Waals surface area contributed by atoms with Gasteiger partial charge in [-0.05, 0) is 108 Å². The summed E-state index contributed by atoms with van der Waals surface area (Å²) in [5.41, 5.74) is -1.81. The molecular weight excluding hydrogens is 644 g/mol. The van der Waals surface area contributed by atoms with Crippen molar-refractivity contribution in [1.29, 1.82) is 0 Å². The molecule has 0 heterocycles. The van der Waals surface area contributed by atoms with Crippen LogP contribution in [0.15, 0.2) is 0 Å². The zero-order valence-corrected chi connectivity index (χ0v) is 29.0. The van der Waals surface area contributed by atoms with Crippen LogP contribution in [0.3, 0.4) is 0 Å². The number of carbonyl (C=O) groups excluding carboxylic acids is 3. The fourth-order valence-electron chi connectivity index (χ4n) is 8.35. The van der Waals surface area contributed by atoms with E-state index in [-0.39, 0.29) is 48.0 Å². The highest BCUT2D eigenvalue weighted by Crippen LogP contribution is 2.73. The van der Waals surface area contributed by atoms with E-state index in [2.05, 4.69) is 16.0 Å². The Morgan fingerprint density at radius 3 is 1.15 bits per heavy atom. The van der Waals surface area contributed by atoms with E-state index in [1.54, 1.807) is 13.8 Å². The predicted octanol–water partition coefficient (Wildman–Crippen LogP) is 1.18. The summed E-state index contributed by atoms with van der Waals surface area (Å²) >= 11 is 0. The molecule has 0 saturated heterocycles. The highest BCUT2D eigenvalue weighted by molar-refractivity contribution is 7.53. The highest BCUT2D eigenvalue weighted by atomic mass is 31.2. The van der Waals surface area contributed by atoms with Crippen molar-refractivity contribution in [2.75, 3.05) is 19.6 Å². The van der Waals surface area contributed by atoms with Gasteiger partial charge in [0.15, 0.2) is 10.7 Å². The van der Waals surface area contributed by atoms with Gasteiger partial charge in [0.05, 0.1) is 18.7 Å². The molecule has 4 aliphatic rings. The molecule has 0 radical (unpaired) electrons. The van der Waals surface area contributed by atoms with Gasteiger partial charge in [0.2, 0.25) is 17.7 Å². The van der Waals surface area contributed by atoms with E-state index < -0.39 is 56.4 Å². The van der Waals surface area contributed by atoms with Gasteiger partial charge in [-0.1, -0.05) is 0 Å². The summed E-state index contributed by atoms with van der Waals surface area (Å²) in [6.45, 7) is 4.03. The lowest BCUT2D eigenvalue weighted by Gasteiger charge is -2.67. The molecule has 4 unspecified atom stereocenters. The zero-order chi connectivity index (χ0) is 35.0. The van der Waals surface area contributed by atoms with E-state index in [9.17, 15) is 58.4 Å². The van der Waals surface area contributed by atoms with Crippen molar-refractivity contribution in [3.63, 3.8) is 0 Å². The zero-order valence-electron chi connectivity index (χ0n) is 27.3. The summed E-state index contributed by atoms with van der Waals surface area (Å²) in [6, 6.07) is 0. The van der Waals surface area contributed by atoms with Gasteiger partial charge in [0.1, 0.15) is 0 Å². The minimum atomic E-state index is -4.87. The number of hydrogen-bond acceptors (Lipinski definition) is 8. The second-order valence-electron chi connectivity index (χ2n) is 15.7. The molecule has 4 bridgehead atoms. The van der Waals surface area contributed by atoms with E-state index in [0.29, 0.717) is 25.2 Å². The van der Waals surface area contributed by atoms with Gasteiger partial charge in [-0.15, -0.1) is 0 Å². The molecule has 0 aromatic heterocycles. The van der Waals surface area contributed by atoms with Crippen molar-refractivity contribution in [2.24, 2.45) is 22.2 Å². The Labute approximate surface area is 270 Å². The van der Waals surface area contributed by atoms with Gasteiger partial charge >= 0.3 is 15.2 Å². The average Bonchev–Trinajstić information content (AvgIpc) is 2.88. The second kappa shape index (κ2) is 13.5. The van der Waals surface area contributed by atoms with Gasteiger partial charge in [0, 0.05) is 25.8 Å². The van der Waals surface area contributed by atoms with Crippen LogP contribution in [0.25, 0.3) is 0 Å². The molecule has 0 aliphatic heterocycles. The van der Waals surface area contributed by atoms with Crippen LogP contribution < -0.4 is 16.0 Å². The largest absolute Gasteiger partial charge is 0.389 e. The number of nitrogens with one attached hydrogen (secondary N) is 3. The van der Waals surface area contributed by atoms with E-state index >= 15 is 0 Å². The van der Waals surface area contributed by atoms with Crippen molar-refractivity contribution in [1.82, 2.24) is 16.0 Å². The van der Waals surface area contributed by atoms with Crippen LogP contribution in [0.4, 0.5) is 0 Å². The molecular formula is C29H53N3O12P2. The second-order valence-corrected chi connectivity index (χ2v) is 19.8. The number of carbonyl (C=O) groups is 3. The molecule has 0 spiro atoms. The van der Waals surface area contributed by atoms with Crippen molar-refractivity contribution >= 4 is 32.9 Å². The molecule has 10 N–H and O–H groups in total. The summed E-state index contributed by atoms with van der Waals surface area (Å²) in [4.78, 5) is 75.8.